The van der Waals surface area contributed by atoms with Gasteiger partial charge in [-0.3, -0.25) is 14.5 Å². The molecule has 1 aromatic heterocycles. The van der Waals surface area contributed by atoms with E-state index in [1.165, 1.54) is 0 Å². The number of hydrogen-bond donors (Lipinski definition) is 3. The lowest BCUT2D eigenvalue weighted by atomic mass is 9.85. The van der Waals surface area contributed by atoms with Crippen LogP contribution < -0.4 is 5.32 Å². The molecule has 1 aliphatic carbocycles. The van der Waals surface area contributed by atoms with Gasteiger partial charge < -0.3 is 15.4 Å². The highest BCUT2D eigenvalue weighted by Gasteiger charge is 2.34. The van der Waals surface area contributed by atoms with Gasteiger partial charge in [0.1, 0.15) is 0 Å². The number of rotatable bonds is 7. The maximum absolute atomic E-state index is 12.4. The van der Waals surface area contributed by atoms with E-state index in [2.05, 4.69) is 10.3 Å². The molecule has 1 amide bonds. The molecule has 0 radical (unpaired) electrons. The Labute approximate surface area is 147 Å². The zero-order chi connectivity index (χ0) is 18.0. The van der Waals surface area contributed by atoms with E-state index in [0.717, 1.165) is 35.0 Å². The number of aromatic amines is 1. The Morgan fingerprint density at radius 2 is 2.04 bits per heavy atom. The van der Waals surface area contributed by atoms with E-state index in [-0.39, 0.29) is 24.5 Å². The second-order valence-electron chi connectivity index (χ2n) is 6.80. The molecule has 6 nitrogen and oxygen atoms in total. The Bertz CT molecular complexity index is 777. The van der Waals surface area contributed by atoms with E-state index < -0.39 is 5.97 Å². The number of carboxylic acids is 1. The summed E-state index contributed by atoms with van der Waals surface area (Å²) in [5.74, 6) is -0.776. The lowest BCUT2D eigenvalue weighted by Crippen LogP contribution is -2.55. The van der Waals surface area contributed by atoms with Gasteiger partial charge in [-0.2, -0.15) is 0 Å². The molecule has 2 aromatic rings. The first kappa shape index (κ1) is 17.5. The molecule has 0 saturated heterocycles. The van der Waals surface area contributed by atoms with Crippen LogP contribution in [-0.4, -0.2) is 52.0 Å². The number of aromatic nitrogens is 1. The van der Waals surface area contributed by atoms with Crippen molar-refractivity contribution in [2.75, 3.05) is 13.1 Å². The quantitative estimate of drug-likeness (QED) is 0.718. The van der Waals surface area contributed by atoms with Crippen LogP contribution in [-0.2, 0) is 16.0 Å². The van der Waals surface area contributed by atoms with E-state index in [0.29, 0.717) is 13.0 Å². The topological polar surface area (TPSA) is 85.4 Å². The zero-order valence-corrected chi connectivity index (χ0v) is 14.7. The fourth-order valence-electron chi connectivity index (χ4n) is 3.68. The number of carbonyl (C=O) groups excluding carboxylic acids is 1. The minimum atomic E-state index is -0.802. The van der Waals surface area contributed by atoms with Crippen molar-refractivity contribution in [3.05, 3.63) is 35.5 Å². The van der Waals surface area contributed by atoms with Gasteiger partial charge in [-0.15, -0.1) is 0 Å². The molecular weight excluding hydrogens is 318 g/mol. The Balaban J connectivity index is 1.54. The highest BCUT2D eigenvalue weighted by atomic mass is 16.4. The number of carboxylic acid groups (broad SMARTS) is 1. The van der Waals surface area contributed by atoms with Crippen LogP contribution in [0.4, 0.5) is 0 Å². The van der Waals surface area contributed by atoms with Crippen LogP contribution in [0.3, 0.4) is 0 Å². The molecule has 1 aliphatic rings. The van der Waals surface area contributed by atoms with Gasteiger partial charge in [-0.05, 0) is 37.9 Å². The highest BCUT2D eigenvalue weighted by Crippen LogP contribution is 2.26. The van der Waals surface area contributed by atoms with Crippen molar-refractivity contribution in [2.24, 2.45) is 0 Å². The van der Waals surface area contributed by atoms with Gasteiger partial charge in [0.15, 0.2) is 0 Å². The molecule has 0 bridgehead atoms. The largest absolute Gasteiger partial charge is 0.480 e. The number of amides is 1. The van der Waals surface area contributed by atoms with E-state index in [4.69, 9.17) is 5.11 Å². The molecule has 134 valence electrons. The first-order chi connectivity index (χ1) is 12.0. The zero-order valence-electron chi connectivity index (χ0n) is 14.7. The molecule has 3 rings (SSSR count). The minimum Gasteiger partial charge on any atom is -0.480 e. The van der Waals surface area contributed by atoms with Gasteiger partial charge in [0.2, 0.25) is 5.91 Å². The summed E-state index contributed by atoms with van der Waals surface area (Å²) >= 11 is 0. The van der Waals surface area contributed by atoms with Gasteiger partial charge in [-0.25, -0.2) is 0 Å². The van der Waals surface area contributed by atoms with Crippen molar-refractivity contribution < 1.29 is 14.7 Å². The molecule has 25 heavy (non-hydrogen) atoms. The van der Waals surface area contributed by atoms with E-state index in [1.54, 1.807) is 0 Å². The first-order valence-corrected chi connectivity index (χ1v) is 8.79. The van der Waals surface area contributed by atoms with Crippen molar-refractivity contribution in [2.45, 2.75) is 45.2 Å². The van der Waals surface area contributed by atoms with Gasteiger partial charge in [0.05, 0.1) is 13.0 Å². The Morgan fingerprint density at radius 1 is 1.32 bits per heavy atom. The van der Waals surface area contributed by atoms with Crippen LogP contribution in [0, 0.1) is 6.92 Å². The molecule has 1 heterocycles. The highest BCUT2D eigenvalue weighted by molar-refractivity contribution is 5.90. The number of H-pyrrole nitrogens is 1. The number of hydrogen-bond acceptors (Lipinski definition) is 3. The minimum absolute atomic E-state index is 0.0255. The monoisotopic (exact) mass is 343 g/mol. The summed E-state index contributed by atoms with van der Waals surface area (Å²) in [5.41, 5.74) is 3.13. The molecule has 0 atom stereocenters. The molecule has 3 N–H and O–H groups in total. The van der Waals surface area contributed by atoms with Gasteiger partial charge >= 0.3 is 5.97 Å². The van der Waals surface area contributed by atoms with Crippen LogP contribution in [0.5, 0.6) is 0 Å². The summed E-state index contributed by atoms with van der Waals surface area (Å²) in [6, 6.07) is 8.41. The maximum Gasteiger partial charge on any atom is 0.317 e. The average molecular weight is 343 g/mol. The summed E-state index contributed by atoms with van der Waals surface area (Å²) < 4.78 is 0. The van der Waals surface area contributed by atoms with Crippen LogP contribution in [0.25, 0.3) is 10.9 Å². The van der Waals surface area contributed by atoms with Crippen LogP contribution in [0.1, 0.15) is 31.0 Å². The standard InChI is InChI=1S/C19H25N3O3/c1-3-22(11-19(24)25)14-8-13(9-14)21-18(23)10-16-12(2)20-17-7-5-4-6-15(16)17/h4-7,13-14,20H,3,8-11H2,1-2H3,(H,21,23)(H,24,25). The van der Waals surface area contributed by atoms with E-state index >= 15 is 0 Å². The number of carbonyl (C=O) groups is 2. The number of aryl methyl sites for hydroxylation is 1. The van der Waals surface area contributed by atoms with Crippen molar-refractivity contribution in [1.82, 2.24) is 15.2 Å². The molecule has 0 unspecified atom stereocenters. The third-order valence-corrected chi connectivity index (χ3v) is 5.10. The van der Waals surface area contributed by atoms with Crippen molar-refractivity contribution >= 4 is 22.8 Å². The van der Waals surface area contributed by atoms with Crippen LogP contribution in [0.15, 0.2) is 24.3 Å². The van der Waals surface area contributed by atoms with Crippen molar-refractivity contribution in [3.63, 3.8) is 0 Å². The molecular formula is C19H25N3O3. The number of likely N-dealkylation sites (N-methyl/N-ethyl adjacent to an activating group) is 1. The molecule has 0 aliphatic heterocycles. The Kier molecular flexibility index (Phi) is 5.08. The van der Waals surface area contributed by atoms with E-state index in [1.807, 2.05) is 43.0 Å². The number of nitrogens with zero attached hydrogens (tertiary/aromatic N) is 1. The summed E-state index contributed by atoms with van der Waals surface area (Å²) in [6.45, 7) is 4.74. The Morgan fingerprint density at radius 3 is 2.72 bits per heavy atom. The molecule has 1 aromatic carbocycles. The van der Waals surface area contributed by atoms with Gasteiger partial charge in [0.25, 0.3) is 0 Å². The number of fused-ring (bicyclic) bond motifs is 1. The normalized spacial score (nSPS) is 19.8. The lowest BCUT2D eigenvalue weighted by molar-refractivity contribution is -0.139. The van der Waals surface area contributed by atoms with Gasteiger partial charge in [-0.1, -0.05) is 25.1 Å². The predicted octanol–water partition coefficient (Wildman–Crippen LogP) is 2.07. The number of aliphatic carboxylic acids is 1. The SMILES string of the molecule is CCN(CC(=O)O)C1CC(NC(=O)Cc2c(C)[nH]c3ccccc23)C1. The average Bonchev–Trinajstić information content (AvgIpc) is 2.84. The smallest absolute Gasteiger partial charge is 0.317 e. The van der Waals surface area contributed by atoms with Crippen molar-refractivity contribution in [3.8, 4) is 0 Å². The summed E-state index contributed by atoms with van der Waals surface area (Å²) in [4.78, 5) is 28.5. The summed E-state index contributed by atoms with van der Waals surface area (Å²) in [6.07, 6.45) is 2.00. The van der Waals surface area contributed by atoms with Crippen LogP contribution >= 0.6 is 0 Å². The summed E-state index contributed by atoms with van der Waals surface area (Å²) in [7, 11) is 0. The molecule has 1 saturated carbocycles. The molecule has 0 spiro atoms. The van der Waals surface area contributed by atoms with E-state index in [9.17, 15) is 9.59 Å². The number of para-hydroxylation sites is 1. The predicted molar refractivity (Wildman–Crippen MR) is 96.6 cm³/mol. The third-order valence-electron chi connectivity index (χ3n) is 5.10. The fourth-order valence-corrected chi connectivity index (χ4v) is 3.68. The second-order valence-corrected chi connectivity index (χ2v) is 6.80. The fraction of sp³-hybridized carbons (Fsp3) is 0.474. The molecule has 1 fully saturated rings. The number of nitrogens with one attached hydrogen (secondary N) is 2. The lowest BCUT2D eigenvalue weighted by Gasteiger charge is -2.42. The van der Waals surface area contributed by atoms with Crippen molar-refractivity contribution in [1.29, 1.82) is 0 Å². The Hall–Kier alpha value is -2.34. The number of benzene rings is 1. The third kappa shape index (κ3) is 3.85. The maximum atomic E-state index is 12.4. The second kappa shape index (κ2) is 7.27. The molecule has 6 heteroatoms. The van der Waals surface area contributed by atoms with Crippen LogP contribution in [0.2, 0.25) is 0 Å². The summed E-state index contributed by atoms with van der Waals surface area (Å²) in [5, 5.41) is 13.1. The van der Waals surface area contributed by atoms with Gasteiger partial charge in [0, 0.05) is 28.7 Å². The first-order valence-electron chi connectivity index (χ1n) is 8.79.